The monoisotopic (exact) mass is 348 g/mol. The van der Waals surface area contributed by atoms with Crippen LogP contribution < -0.4 is 14.8 Å². The minimum absolute atomic E-state index is 0.208. The third-order valence-corrected chi connectivity index (χ3v) is 3.56. The van der Waals surface area contributed by atoms with Gasteiger partial charge in [-0.2, -0.15) is 4.98 Å². The highest BCUT2D eigenvalue weighted by atomic mass is 16.5. The summed E-state index contributed by atoms with van der Waals surface area (Å²) in [4.78, 5) is 17.9. The Kier molecular flexibility index (Phi) is 6.62. The first-order valence-corrected chi connectivity index (χ1v) is 8.09. The number of benzene rings is 1. The average Bonchev–Trinajstić information content (AvgIpc) is 3.05. The number of nitrogens with one attached hydrogen (secondary N) is 1. The Labute approximate surface area is 147 Å². The van der Waals surface area contributed by atoms with Gasteiger partial charge in [0.2, 0.25) is 5.89 Å². The lowest BCUT2D eigenvalue weighted by Gasteiger charge is -2.20. The number of aryl methyl sites for hydroxylation is 1. The van der Waals surface area contributed by atoms with Gasteiger partial charge in [-0.25, -0.2) is 4.79 Å². The van der Waals surface area contributed by atoms with Gasteiger partial charge in [0, 0.05) is 13.6 Å². The van der Waals surface area contributed by atoms with E-state index in [4.69, 9.17) is 14.0 Å². The van der Waals surface area contributed by atoms with Crippen LogP contribution in [0, 0.1) is 6.92 Å². The van der Waals surface area contributed by atoms with E-state index in [0.29, 0.717) is 42.8 Å². The molecule has 0 aliphatic carbocycles. The molecule has 1 heterocycles. The van der Waals surface area contributed by atoms with Crippen molar-refractivity contribution in [3.8, 4) is 11.5 Å². The van der Waals surface area contributed by atoms with Crippen LogP contribution in [0.2, 0.25) is 0 Å². The number of amides is 2. The molecule has 1 atom stereocenters. The molecule has 1 aromatic carbocycles. The van der Waals surface area contributed by atoms with E-state index in [0.717, 1.165) is 0 Å². The van der Waals surface area contributed by atoms with Crippen molar-refractivity contribution >= 4 is 6.03 Å². The number of para-hydroxylation sites is 2. The fraction of sp³-hybridized carbons (Fsp3) is 0.471. The van der Waals surface area contributed by atoms with Crippen molar-refractivity contribution in [3.63, 3.8) is 0 Å². The smallest absolute Gasteiger partial charge is 0.317 e. The molecule has 0 unspecified atom stereocenters. The molecule has 0 saturated heterocycles. The van der Waals surface area contributed by atoms with Gasteiger partial charge in [-0.05, 0) is 32.4 Å². The Morgan fingerprint density at radius 2 is 2.08 bits per heavy atom. The zero-order valence-electron chi connectivity index (χ0n) is 15.0. The van der Waals surface area contributed by atoms with Crippen molar-refractivity contribution in [1.82, 2.24) is 20.4 Å². The molecule has 0 fully saturated rings. The van der Waals surface area contributed by atoms with Crippen molar-refractivity contribution in [1.29, 1.82) is 0 Å². The highest BCUT2D eigenvalue weighted by molar-refractivity contribution is 5.74. The number of ether oxygens (including phenoxy) is 2. The molecule has 136 valence electrons. The van der Waals surface area contributed by atoms with E-state index in [1.54, 1.807) is 32.9 Å². The summed E-state index contributed by atoms with van der Waals surface area (Å²) in [6, 6.07) is 6.91. The van der Waals surface area contributed by atoms with Crippen LogP contribution >= 0.6 is 0 Å². The van der Waals surface area contributed by atoms with Gasteiger partial charge in [0.05, 0.1) is 13.7 Å². The number of carbonyl (C=O) groups is 1. The molecule has 1 aromatic heterocycles. The zero-order chi connectivity index (χ0) is 18.2. The second-order valence-electron chi connectivity index (χ2n) is 5.63. The molecule has 0 saturated carbocycles. The average molecular weight is 348 g/mol. The minimum atomic E-state index is -0.346. The molecular weight excluding hydrogens is 324 g/mol. The van der Waals surface area contributed by atoms with Gasteiger partial charge in [-0.3, -0.25) is 0 Å². The van der Waals surface area contributed by atoms with Gasteiger partial charge >= 0.3 is 6.03 Å². The van der Waals surface area contributed by atoms with Gasteiger partial charge in [-0.1, -0.05) is 17.3 Å². The standard InChI is InChI=1S/C17H24N4O4/c1-12(16-19-13(2)20-25-16)18-17(22)21(3)10-7-11-24-15-9-6-5-8-14(15)23-4/h5-6,8-9,12H,7,10-11H2,1-4H3,(H,18,22)/t12-/m1/s1. The predicted molar refractivity (Wildman–Crippen MR) is 91.7 cm³/mol. The Hall–Kier alpha value is -2.77. The van der Waals surface area contributed by atoms with Gasteiger partial charge in [0.15, 0.2) is 17.3 Å². The largest absolute Gasteiger partial charge is 0.493 e. The quantitative estimate of drug-likeness (QED) is 0.738. The van der Waals surface area contributed by atoms with E-state index in [2.05, 4.69) is 15.5 Å². The number of hydrogen-bond donors (Lipinski definition) is 1. The van der Waals surface area contributed by atoms with Gasteiger partial charge in [0.1, 0.15) is 6.04 Å². The van der Waals surface area contributed by atoms with Gasteiger partial charge in [0.25, 0.3) is 0 Å². The van der Waals surface area contributed by atoms with Crippen molar-refractivity contribution in [2.45, 2.75) is 26.3 Å². The van der Waals surface area contributed by atoms with E-state index in [1.807, 2.05) is 24.3 Å². The maximum atomic E-state index is 12.2. The molecule has 0 spiro atoms. The Morgan fingerprint density at radius 1 is 1.36 bits per heavy atom. The first-order chi connectivity index (χ1) is 12.0. The zero-order valence-corrected chi connectivity index (χ0v) is 15.0. The van der Waals surface area contributed by atoms with Crippen LogP contribution in [0.15, 0.2) is 28.8 Å². The maximum Gasteiger partial charge on any atom is 0.317 e. The van der Waals surface area contributed by atoms with Crippen LogP contribution in [-0.4, -0.2) is 48.4 Å². The molecule has 2 aromatic rings. The summed E-state index contributed by atoms with van der Waals surface area (Å²) in [6.07, 6.45) is 0.690. The molecule has 2 rings (SSSR count). The summed E-state index contributed by atoms with van der Waals surface area (Å²) in [5.41, 5.74) is 0. The van der Waals surface area contributed by atoms with Crippen LogP contribution in [-0.2, 0) is 0 Å². The van der Waals surface area contributed by atoms with Crippen LogP contribution in [0.4, 0.5) is 4.79 Å². The maximum absolute atomic E-state index is 12.2. The van der Waals surface area contributed by atoms with E-state index < -0.39 is 0 Å². The minimum Gasteiger partial charge on any atom is -0.493 e. The molecule has 25 heavy (non-hydrogen) atoms. The van der Waals surface area contributed by atoms with Crippen molar-refractivity contribution in [2.75, 3.05) is 27.3 Å². The Balaban J connectivity index is 1.72. The topological polar surface area (TPSA) is 89.7 Å². The molecule has 1 N–H and O–H groups in total. The predicted octanol–water partition coefficient (Wildman–Crippen LogP) is 2.56. The third kappa shape index (κ3) is 5.37. The third-order valence-electron chi connectivity index (χ3n) is 3.56. The molecule has 0 bridgehead atoms. The first-order valence-electron chi connectivity index (χ1n) is 8.09. The number of aromatic nitrogens is 2. The van der Waals surface area contributed by atoms with Crippen molar-refractivity contribution < 1.29 is 18.8 Å². The number of nitrogens with zero attached hydrogens (tertiary/aromatic N) is 3. The molecule has 8 heteroatoms. The van der Waals surface area contributed by atoms with Crippen LogP contribution in [0.25, 0.3) is 0 Å². The molecule has 0 aliphatic rings. The van der Waals surface area contributed by atoms with Crippen LogP contribution in [0.3, 0.4) is 0 Å². The fourth-order valence-corrected chi connectivity index (χ4v) is 2.17. The second kappa shape index (κ2) is 8.91. The Bertz CT molecular complexity index is 689. The van der Waals surface area contributed by atoms with Gasteiger partial charge in [-0.15, -0.1) is 0 Å². The second-order valence-corrected chi connectivity index (χ2v) is 5.63. The molecule has 2 amide bonds. The summed E-state index contributed by atoms with van der Waals surface area (Å²) >= 11 is 0. The fourth-order valence-electron chi connectivity index (χ4n) is 2.17. The summed E-state index contributed by atoms with van der Waals surface area (Å²) < 4.78 is 16.0. The highest BCUT2D eigenvalue weighted by Gasteiger charge is 2.17. The highest BCUT2D eigenvalue weighted by Crippen LogP contribution is 2.25. The summed E-state index contributed by atoms with van der Waals surface area (Å²) in [7, 11) is 3.33. The van der Waals surface area contributed by atoms with Crippen molar-refractivity contribution in [2.24, 2.45) is 0 Å². The van der Waals surface area contributed by atoms with E-state index in [1.165, 1.54) is 0 Å². The lowest BCUT2D eigenvalue weighted by molar-refractivity contribution is 0.196. The number of methoxy groups -OCH3 is 1. The van der Waals surface area contributed by atoms with E-state index in [-0.39, 0.29) is 12.1 Å². The van der Waals surface area contributed by atoms with Crippen molar-refractivity contribution in [3.05, 3.63) is 36.0 Å². The Morgan fingerprint density at radius 3 is 2.72 bits per heavy atom. The van der Waals surface area contributed by atoms with Gasteiger partial charge < -0.3 is 24.2 Å². The molecule has 8 nitrogen and oxygen atoms in total. The lowest BCUT2D eigenvalue weighted by Crippen LogP contribution is -2.39. The van der Waals surface area contributed by atoms with Crippen LogP contribution in [0.5, 0.6) is 11.5 Å². The first kappa shape index (κ1) is 18.6. The number of hydrogen-bond acceptors (Lipinski definition) is 6. The summed E-state index contributed by atoms with van der Waals surface area (Å²) in [6.45, 7) is 4.56. The number of urea groups is 1. The number of rotatable bonds is 8. The molecule has 0 radical (unpaired) electrons. The summed E-state index contributed by atoms with van der Waals surface area (Å²) in [5, 5.41) is 6.53. The molecule has 0 aliphatic heterocycles. The molecular formula is C17H24N4O4. The van der Waals surface area contributed by atoms with Crippen LogP contribution in [0.1, 0.15) is 31.1 Å². The van der Waals surface area contributed by atoms with E-state index >= 15 is 0 Å². The summed E-state index contributed by atoms with van der Waals surface area (Å²) in [5.74, 6) is 2.31. The van der Waals surface area contributed by atoms with E-state index in [9.17, 15) is 4.79 Å². The normalized spacial score (nSPS) is 11.7. The number of carbonyl (C=O) groups excluding carboxylic acids is 1. The lowest BCUT2D eigenvalue weighted by atomic mass is 10.3. The SMILES string of the molecule is COc1ccccc1OCCCN(C)C(=O)N[C@H](C)c1nc(C)no1.